The van der Waals surface area contributed by atoms with E-state index in [1.165, 1.54) is 6.42 Å². The smallest absolute Gasteiger partial charge is 0.403 e. The van der Waals surface area contributed by atoms with Crippen LogP contribution in [0.25, 0.3) is 0 Å². The number of nitrogens with one attached hydrogen (secondary N) is 3. The summed E-state index contributed by atoms with van der Waals surface area (Å²) in [5.41, 5.74) is 9.14. The van der Waals surface area contributed by atoms with Crippen LogP contribution in [0.4, 0.5) is 0 Å². The van der Waals surface area contributed by atoms with Crippen molar-refractivity contribution in [2.45, 2.75) is 76.1 Å². The fraction of sp³-hybridized carbons (Fsp3) is 1.00. The zero-order valence-electron chi connectivity index (χ0n) is 11.7. The van der Waals surface area contributed by atoms with Crippen molar-refractivity contribution in [2.75, 3.05) is 0 Å². The predicted molar refractivity (Wildman–Crippen MR) is 70.7 cm³/mol. The molecule has 0 aromatic rings. The molecule has 102 valence electrons. The Morgan fingerprint density at radius 3 is 2.22 bits per heavy atom. The summed E-state index contributed by atoms with van der Waals surface area (Å²) >= 11 is 0. The molecule has 3 aliphatic rings. The number of hydrazine groups is 2. The third-order valence-electron chi connectivity index (χ3n) is 5.06. The number of fused-ring (bicyclic) bond motifs is 1. The van der Waals surface area contributed by atoms with Crippen LogP contribution in [0.3, 0.4) is 0 Å². The number of rotatable bonds is 1. The molecule has 0 amide bonds. The van der Waals surface area contributed by atoms with Gasteiger partial charge in [-0.15, -0.1) is 0 Å². The largest absolute Gasteiger partial charge is 0.461 e. The first-order valence-corrected chi connectivity index (χ1v) is 7.01. The standard InChI is InChI=1S/C12H24BN3O2/c1-11(2)12(3,4)18-13(17-11)8-5-6-9-10(7-8)15-16-14-9/h8-10,14-16H,5-7H2,1-4H3. The quantitative estimate of drug-likeness (QED) is 0.608. The van der Waals surface area contributed by atoms with E-state index in [4.69, 9.17) is 9.31 Å². The van der Waals surface area contributed by atoms with Crippen LogP contribution in [0, 0.1) is 0 Å². The second-order valence-electron chi connectivity index (χ2n) is 6.82. The van der Waals surface area contributed by atoms with E-state index in [2.05, 4.69) is 44.1 Å². The van der Waals surface area contributed by atoms with Crippen LogP contribution >= 0.6 is 0 Å². The first-order chi connectivity index (χ1) is 8.39. The summed E-state index contributed by atoms with van der Waals surface area (Å²) in [6.45, 7) is 8.48. The molecule has 0 radical (unpaired) electrons. The molecule has 3 fully saturated rings. The maximum Gasteiger partial charge on any atom is 0.461 e. The van der Waals surface area contributed by atoms with Crippen molar-refractivity contribution in [3.05, 3.63) is 0 Å². The highest BCUT2D eigenvalue weighted by Gasteiger charge is 2.54. The van der Waals surface area contributed by atoms with Gasteiger partial charge in [0.1, 0.15) is 0 Å². The van der Waals surface area contributed by atoms with Crippen molar-refractivity contribution < 1.29 is 9.31 Å². The van der Waals surface area contributed by atoms with Gasteiger partial charge in [0.25, 0.3) is 0 Å². The lowest BCUT2D eigenvalue weighted by Gasteiger charge is -2.32. The van der Waals surface area contributed by atoms with Gasteiger partial charge in [-0.2, -0.15) is 5.53 Å². The average molecular weight is 253 g/mol. The monoisotopic (exact) mass is 253 g/mol. The minimum atomic E-state index is -0.214. The molecule has 3 atom stereocenters. The average Bonchev–Trinajstić information content (AvgIpc) is 2.80. The molecular weight excluding hydrogens is 229 g/mol. The molecule has 3 rings (SSSR count). The first kappa shape index (κ1) is 12.9. The van der Waals surface area contributed by atoms with Crippen molar-refractivity contribution in [1.82, 2.24) is 16.4 Å². The van der Waals surface area contributed by atoms with Gasteiger partial charge in [0.2, 0.25) is 0 Å². The molecule has 1 aliphatic carbocycles. The van der Waals surface area contributed by atoms with Crippen molar-refractivity contribution in [3.8, 4) is 0 Å². The Balaban J connectivity index is 1.67. The Labute approximate surface area is 109 Å². The summed E-state index contributed by atoms with van der Waals surface area (Å²) in [6, 6.07) is 1.03. The van der Waals surface area contributed by atoms with Crippen molar-refractivity contribution >= 4 is 7.12 Å². The summed E-state index contributed by atoms with van der Waals surface area (Å²) in [5.74, 6) is 0.487. The fourth-order valence-electron chi connectivity index (χ4n) is 3.09. The lowest BCUT2D eigenvalue weighted by molar-refractivity contribution is 0.00578. The normalized spacial score (nSPS) is 42.0. The van der Waals surface area contributed by atoms with Crippen molar-refractivity contribution in [2.24, 2.45) is 0 Å². The molecule has 0 spiro atoms. The van der Waals surface area contributed by atoms with Gasteiger partial charge in [-0.05, 0) is 46.4 Å². The third-order valence-corrected chi connectivity index (χ3v) is 5.06. The summed E-state index contributed by atoms with van der Waals surface area (Å²) in [4.78, 5) is 0. The van der Waals surface area contributed by atoms with Gasteiger partial charge in [0.15, 0.2) is 0 Å². The minimum Gasteiger partial charge on any atom is -0.403 e. The van der Waals surface area contributed by atoms with E-state index >= 15 is 0 Å². The van der Waals surface area contributed by atoms with E-state index in [9.17, 15) is 0 Å². The second kappa shape index (κ2) is 4.18. The highest BCUT2D eigenvalue weighted by atomic mass is 16.7. The van der Waals surface area contributed by atoms with Gasteiger partial charge in [-0.1, -0.05) is 6.42 Å². The zero-order chi connectivity index (χ0) is 13.0. The van der Waals surface area contributed by atoms with Crippen molar-refractivity contribution in [1.29, 1.82) is 0 Å². The van der Waals surface area contributed by atoms with E-state index < -0.39 is 0 Å². The van der Waals surface area contributed by atoms with Gasteiger partial charge < -0.3 is 9.31 Å². The molecule has 2 saturated heterocycles. The van der Waals surface area contributed by atoms with Crippen LogP contribution in [-0.4, -0.2) is 30.4 Å². The minimum absolute atomic E-state index is 0.0571. The van der Waals surface area contributed by atoms with Crippen LogP contribution in [0.5, 0.6) is 0 Å². The van der Waals surface area contributed by atoms with Gasteiger partial charge in [0.05, 0.1) is 11.2 Å². The van der Waals surface area contributed by atoms with E-state index in [-0.39, 0.29) is 18.3 Å². The molecule has 0 aromatic carbocycles. The number of hydrogen-bond acceptors (Lipinski definition) is 5. The van der Waals surface area contributed by atoms with Crippen LogP contribution in [0.2, 0.25) is 5.82 Å². The molecule has 0 aromatic heterocycles. The first-order valence-electron chi connectivity index (χ1n) is 7.01. The van der Waals surface area contributed by atoms with Crippen LogP contribution in [-0.2, 0) is 9.31 Å². The lowest BCUT2D eigenvalue weighted by atomic mass is 9.62. The third kappa shape index (κ3) is 2.00. The maximum absolute atomic E-state index is 6.16. The maximum atomic E-state index is 6.16. The molecule has 6 heteroatoms. The molecule has 18 heavy (non-hydrogen) atoms. The van der Waals surface area contributed by atoms with E-state index in [1.807, 2.05) is 0 Å². The van der Waals surface area contributed by atoms with E-state index in [1.54, 1.807) is 0 Å². The topological polar surface area (TPSA) is 54.5 Å². The Hall–Kier alpha value is -0.135. The zero-order valence-corrected chi connectivity index (χ0v) is 11.7. The van der Waals surface area contributed by atoms with Crippen LogP contribution in [0.15, 0.2) is 0 Å². The summed E-state index contributed by atoms with van der Waals surface area (Å²) in [5, 5.41) is 0. The summed E-state index contributed by atoms with van der Waals surface area (Å²) in [7, 11) is -0.0571. The van der Waals surface area contributed by atoms with E-state index in [0.717, 1.165) is 12.8 Å². The highest BCUT2D eigenvalue weighted by molar-refractivity contribution is 6.47. The summed E-state index contributed by atoms with van der Waals surface area (Å²) in [6.07, 6.45) is 3.43. The molecule has 2 aliphatic heterocycles. The van der Waals surface area contributed by atoms with E-state index in [0.29, 0.717) is 17.9 Å². The Morgan fingerprint density at radius 1 is 0.944 bits per heavy atom. The fourth-order valence-corrected chi connectivity index (χ4v) is 3.09. The van der Waals surface area contributed by atoms with Crippen molar-refractivity contribution in [3.63, 3.8) is 0 Å². The van der Waals surface area contributed by atoms with Crippen LogP contribution in [0.1, 0.15) is 47.0 Å². The van der Waals surface area contributed by atoms with Gasteiger partial charge in [-0.3, -0.25) is 0 Å². The molecular formula is C12H24BN3O2. The Morgan fingerprint density at radius 2 is 1.56 bits per heavy atom. The van der Waals surface area contributed by atoms with Gasteiger partial charge in [0, 0.05) is 12.1 Å². The Kier molecular flexibility index (Phi) is 2.99. The van der Waals surface area contributed by atoms with Crippen LogP contribution < -0.4 is 16.4 Å². The molecule has 1 saturated carbocycles. The molecule has 3 unspecified atom stereocenters. The van der Waals surface area contributed by atoms with Gasteiger partial charge in [-0.25, -0.2) is 10.9 Å². The lowest BCUT2D eigenvalue weighted by Crippen LogP contribution is -2.42. The molecule has 5 nitrogen and oxygen atoms in total. The second-order valence-corrected chi connectivity index (χ2v) is 6.82. The SMILES string of the molecule is CC1(C)OB(C2CCC3NNNC3C2)OC1(C)C. The Bertz CT molecular complexity index is 321. The summed E-state index contributed by atoms with van der Waals surface area (Å²) < 4.78 is 12.3. The van der Waals surface area contributed by atoms with Gasteiger partial charge >= 0.3 is 7.12 Å². The number of hydrogen-bond donors (Lipinski definition) is 3. The molecule has 2 heterocycles. The predicted octanol–water partition coefficient (Wildman–Crippen LogP) is 0.982. The molecule has 3 N–H and O–H groups in total. The molecule has 0 bridgehead atoms. The highest BCUT2D eigenvalue weighted by Crippen LogP contribution is 2.44.